The van der Waals surface area contributed by atoms with Crippen LogP contribution in [0.4, 0.5) is 11.5 Å². The van der Waals surface area contributed by atoms with E-state index in [-0.39, 0.29) is 35.7 Å². The maximum atomic E-state index is 13.4. The molecule has 41 heavy (non-hydrogen) atoms. The fourth-order valence-electron chi connectivity index (χ4n) is 6.01. The molecule has 3 aromatic heterocycles. The number of para-hydroxylation sites is 1. The van der Waals surface area contributed by atoms with Crippen molar-refractivity contribution in [1.82, 2.24) is 24.5 Å². The Labute approximate surface area is 234 Å². The van der Waals surface area contributed by atoms with E-state index in [1.54, 1.807) is 36.3 Å². The van der Waals surface area contributed by atoms with E-state index in [4.69, 9.17) is 4.74 Å². The summed E-state index contributed by atoms with van der Waals surface area (Å²) in [5, 5.41) is 0.928. The summed E-state index contributed by atoms with van der Waals surface area (Å²) >= 11 is 0. The highest BCUT2D eigenvalue weighted by atomic mass is 16.5. The number of anilines is 2. The van der Waals surface area contributed by atoms with Crippen LogP contribution in [-0.4, -0.2) is 62.9 Å². The largest absolute Gasteiger partial charge is 0.482 e. The van der Waals surface area contributed by atoms with Crippen molar-refractivity contribution in [3.8, 4) is 5.75 Å². The van der Waals surface area contributed by atoms with Gasteiger partial charge in [-0.15, -0.1) is 0 Å². The number of rotatable bonds is 4. The summed E-state index contributed by atoms with van der Waals surface area (Å²) in [7, 11) is 1.70. The van der Waals surface area contributed by atoms with Crippen LogP contribution in [0.15, 0.2) is 59.8 Å². The predicted molar refractivity (Wildman–Crippen MR) is 154 cm³/mol. The van der Waals surface area contributed by atoms with Crippen molar-refractivity contribution < 1.29 is 14.3 Å². The number of aryl methyl sites for hydroxylation is 1. The topological polar surface area (TPSA) is 126 Å². The molecule has 1 saturated heterocycles. The summed E-state index contributed by atoms with van der Waals surface area (Å²) in [4.78, 5) is 58.5. The van der Waals surface area contributed by atoms with Gasteiger partial charge in [-0.25, -0.2) is 14.8 Å². The first-order chi connectivity index (χ1) is 19.9. The molecule has 7 rings (SSSR count). The standard InChI is InChI=1S/C30H27N7O4/c1-17-11-18(12-24-28(17)35(2)26(38)15-41-24)29(39)22-13-25(33-16-32-22)36-9-7-19(8-10-36)37-23-14-31-21-6-4-3-5-20(21)27(23)34-30(37)40/h3-6,11-14,16,19H,7-10,15H2,1-2H3,(H,34,40). The highest BCUT2D eigenvalue weighted by molar-refractivity contribution is 6.09. The maximum absolute atomic E-state index is 13.4. The Morgan fingerprint density at radius 2 is 1.85 bits per heavy atom. The zero-order valence-electron chi connectivity index (χ0n) is 22.6. The van der Waals surface area contributed by atoms with Gasteiger partial charge >= 0.3 is 5.69 Å². The number of nitrogens with one attached hydrogen (secondary N) is 1. The van der Waals surface area contributed by atoms with E-state index < -0.39 is 0 Å². The van der Waals surface area contributed by atoms with Crippen LogP contribution in [0.3, 0.4) is 0 Å². The van der Waals surface area contributed by atoms with Gasteiger partial charge in [0.2, 0.25) is 5.78 Å². The molecule has 5 aromatic rings. The third kappa shape index (κ3) is 4.12. The van der Waals surface area contributed by atoms with Crippen molar-refractivity contribution in [2.24, 2.45) is 0 Å². The Morgan fingerprint density at radius 3 is 2.68 bits per heavy atom. The van der Waals surface area contributed by atoms with Crippen molar-refractivity contribution in [3.05, 3.63) is 82.3 Å². The van der Waals surface area contributed by atoms with E-state index in [1.807, 2.05) is 35.8 Å². The van der Waals surface area contributed by atoms with Crippen molar-refractivity contribution in [2.75, 3.05) is 36.5 Å². The van der Waals surface area contributed by atoms with E-state index in [9.17, 15) is 14.4 Å². The van der Waals surface area contributed by atoms with E-state index >= 15 is 0 Å². The number of hydrogen-bond acceptors (Lipinski definition) is 8. The molecule has 0 spiro atoms. The van der Waals surface area contributed by atoms with Gasteiger partial charge in [0, 0.05) is 43.2 Å². The summed E-state index contributed by atoms with van der Waals surface area (Å²) in [6.45, 7) is 3.12. The molecule has 0 saturated carbocycles. The number of amides is 1. The smallest absolute Gasteiger partial charge is 0.326 e. The number of nitrogens with zero attached hydrogens (tertiary/aromatic N) is 6. The number of ether oxygens (including phenoxy) is 1. The van der Waals surface area contributed by atoms with E-state index in [1.165, 1.54) is 6.33 Å². The number of benzene rings is 2. The van der Waals surface area contributed by atoms with Gasteiger partial charge in [-0.2, -0.15) is 0 Å². The lowest BCUT2D eigenvalue weighted by molar-refractivity contribution is -0.121. The number of ketones is 1. The normalized spacial score (nSPS) is 15.8. The summed E-state index contributed by atoms with van der Waals surface area (Å²) in [5.74, 6) is 0.783. The molecule has 0 bridgehead atoms. The fourth-order valence-corrected chi connectivity index (χ4v) is 6.01. The predicted octanol–water partition coefficient (Wildman–Crippen LogP) is 3.40. The Morgan fingerprint density at radius 1 is 1.05 bits per heavy atom. The molecule has 5 heterocycles. The Bertz CT molecular complexity index is 1920. The molecular weight excluding hydrogens is 522 g/mol. The summed E-state index contributed by atoms with van der Waals surface area (Å²) in [6, 6.07) is 12.9. The van der Waals surface area contributed by atoms with Gasteiger partial charge in [-0.05, 0) is 43.5 Å². The van der Waals surface area contributed by atoms with Crippen molar-refractivity contribution in [3.63, 3.8) is 0 Å². The van der Waals surface area contributed by atoms with E-state index in [2.05, 4.69) is 24.8 Å². The second-order valence-corrected chi connectivity index (χ2v) is 10.5. The van der Waals surface area contributed by atoms with Gasteiger partial charge in [-0.1, -0.05) is 18.2 Å². The lowest BCUT2D eigenvalue weighted by atomic mass is 10.0. The molecule has 1 N–H and O–H groups in total. The molecule has 0 radical (unpaired) electrons. The number of carbonyl (C=O) groups excluding carboxylic acids is 2. The molecule has 11 heteroatoms. The zero-order valence-corrected chi connectivity index (χ0v) is 22.6. The number of likely N-dealkylation sites (N-methyl/N-ethyl adjacent to an activating group) is 1. The lowest BCUT2D eigenvalue weighted by Crippen LogP contribution is -2.37. The number of pyridine rings is 1. The number of imidazole rings is 1. The Kier molecular flexibility index (Phi) is 5.81. The van der Waals surface area contributed by atoms with Crippen LogP contribution < -0.4 is 20.2 Å². The van der Waals surface area contributed by atoms with Crippen molar-refractivity contribution in [1.29, 1.82) is 0 Å². The molecule has 0 unspecified atom stereocenters. The Hall–Kier alpha value is -5.06. The maximum Gasteiger partial charge on any atom is 0.326 e. The molecule has 0 atom stereocenters. The number of hydrogen-bond donors (Lipinski definition) is 1. The SMILES string of the molecule is Cc1cc(C(=O)c2cc(N3CCC(n4c(=O)[nH]c5c6ccccc6ncc54)CC3)ncn2)cc2c1N(C)C(=O)CO2. The van der Waals surface area contributed by atoms with Crippen LogP contribution >= 0.6 is 0 Å². The fraction of sp³-hybridized carbons (Fsp3) is 0.267. The molecule has 0 aliphatic carbocycles. The van der Waals surface area contributed by atoms with Gasteiger partial charge in [0.1, 0.15) is 23.6 Å². The van der Waals surface area contributed by atoms with Crippen LogP contribution in [-0.2, 0) is 4.79 Å². The average Bonchev–Trinajstić information content (AvgIpc) is 3.34. The molecule has 1 fully saturated rings. The number of aromatic amines is 1. The minimum absolute atomic E-state index is 0.0156. The molecular formula is C30H27N7O4. The number of aromatic nitrogens is 5. The van der Waals surface area contributed by atoms with Gasteiger partial charge in [-0.3, -0.25) is 19.1 Å². The summed E-state index contributed by atoms with van der Waals surface area (Å²) in [6.07, 6.45) is 4.65. The average molecular weight is 550 g/mol. The third-order valence-corrected chi connectivity index (χ3v) is 8.09. The molecule has 2 aliphatic rings. The quantitative estimate of drug-likeness (QED) is 0.338. The first kappa shape index (κ1) is 24.9. The van der Waals surface area contributed by atoms with Crippen LogP contribution in [0, 0.1) is 6.92 Å². The van der Waals surface area contributed by atoms with Gasteiger partial charge in [0.05, 0.1) is 28.4 Å². The first-order valence-electron chi connectivity index (χ1n) is 13.5. The second kappa shape index (κ2) is 9.54. The summed E-state index contributed by atoms with van der Waals surface area (Å²) in [5.41, 5.74) is 4.49. The van der Waals surface area contributed by atoms with Crippen LogP contribution in [0.1, 0.15) is 40.5 Å². The van der Waals surface area contributed by atoms with Crippen molar-refractivity contribution in [2.45, 2.75) is 25.8 Å². The third-order valence-electron chi connectivity index (χ3n) is 8.09. The molecule has 2 aromatic carbocycles. The van der Waals surface area contributed by atoms with E-state index in [0.717, 1.165) is 40.3 Å². The highest BCUT2D eigenvalue weighted by Gasteiger charge is 2.28. The zero-order chi connectivity index (χ0) is 28.2. The monoisotopic (exact) mass is 549 g/mol. The minimum atomic E-state index is -0.248. The number of carbonyl (C=O) groups is 2. The summed E-state index contributed by atoms with van der Waals surface area (Å²) < 4.78 is 7.44. The Balaban J connectivity index is 1.11. The first-order valence-corrected chi connectivity index (χ1v) is 13.5. The van der Waals surface area contributed by atoms with Crippen LogP contribution in [0.25, 0.3) is 21.9 Å². The number of fused-ring (bicyclic) bond motifs is 4. The van der Waals surface area contributed by atoms with Gasteiger partial charge < -0.3 is 19.5 Å². The minimum Gasteiger partial charge on any atom is -0.482 e. The van der Waals surface area contributed by atoms with E-state index in [0.29, 0.717) is 35.9 Å². The van der Waals surface area contributed by atoms with Gasteiger partial charge in [0.25, 0.3) is 5.91 Å². The molecule has 206 valence electrons. The molecule has 2 aliphatic heterocycles. The number of H-pyrrole nitrogens is 1. The van der Waals surface area contributed by atoms with Crippen LogP contribution in [0.5, 0.6) is 5.75 Å². The lowest BCUT2D eigenvalue weighted by Gasteiger charge is -2.33. The second-order valence-electron chi connectivity index (χ2n) is 10.5. The molecule has 11 nitrogen and oxygen atoms in total. The van der Waals surface area contributed by atoms with Gasteiger partial charge in [0.15, 0.2) is 6.61 Å². The molecule has 1 amide bonds. The van der Waals surface area contributed by atoms with Crippen LogP contribution in [0.2, 0.25) is 0 Å². The number of piperidine rings is 1. The highest BCUT2D eigenvalue weighted by Crippen LogP contribution is 2.36. The van der Waals surface area contributed by atoms with Crippen molar-refractivity contribution >= 4 is 45.1 Å².